The lowest BCUT2D eigenvalue weighted by Gasteiger charge is -2.24. The van der Waals surface area contributed by atoms with Gasteiger partial charge in [0.25, 0.3) is 0 Å². The molecule has 302 valence electrons. The van der Waals surface area contributed by atoms with Crippen LogP contribution in [-0.2, 0) is 6.42 Å². The number of allylic oxidation sites excluding steroid dienone is 1. The lowest BCUT2D eigenvalue weighted by molar-refractivity contribution is 0.730. The molecular formula is C60H47N3. The van der Waals surface area contributed by atoms with Gasteiger partial charge in [0.1, 0.15) is 0 Å². The summed E-state index contributed by atoms with van der Waals surface area (Å²) in [5, 5.41) is 2.45. The van der Waals surface area contributed by atoms with Gasteiger partial charge in [-0.1, -0.05) is 194 Å². The number of fused-ring (bicyclic) bond motifs is 10. The molecule has 12 rings (SSSR count). The van der Waals surface area contributed by atoms with Crippen LogP contribution in [0.1, 0.15) is 77.3 Å². The van der Waals surface area contributed by atoms with E-state index >= 15 is 0 Å². The first-order chi connectivity index (χ1) is 31.3. The van der Waals surface area contributed by atoms with Crippen LogP contribution in [0.4, 0.5) is 0 Å². The van der Waals surface area contributed by atoms with Crippen molar-refractivity contribution < 1.29 is 0 Å². The molecule has 2 heterocycles. The number of aromatic nitrogens is 1. The van der Waals surface area contributed by atoms with E-state index in [4.69, 9.17) is 9.98 Å². The number of benzene rings is 8. The monoisotopic (exact) mass is 809 g/mol. The van der Waals surface area contributed by atoms with Crippen LogP contribution < -0.4 is 0 Å². The first kappa shape index (κ1) is 37.4. The summed E-state index contributed by atoms with van der Waals surface area (Å²) in [6.45, 7) is 0. The smallest absolute Gasteiger partial charge is 0.235 e. The maximum atomic E-state index is 5.80. The van der Waals surface area contributed by atoms with E-state index < -0.39 is 0 Å². The number of aryl methyl sites for hydroxylation is 1. The number of nitrogens with zero attached hydrogens (tertiary/aromatic N) is 3. The Morgan fingerprint density at radius 3 is 1.86 bits per heavy atom. The van der Waals surface area contributed by atoms with Gasteiger partial charge in [-0.15, -0.1) is 0 Å². The van der Waals surface area contributed by atoms with Crippen molar-refractivity contribution in [2.45, 2.75) is 50.4 Å². The summed E-state index contributed by atoms with van der Waals surface area (Å²) in [6.07, 6.45) is 7.95. The molecule has 0 bridgehead atoms. The van der Waals surface area contributed by atoms with Gasteiger partial charge in [-0.25, -0.2) is 9.98 Å². The van der Waals surface area contributed by atoms with Crippen LogP contribution in [0.15, 0.2) is 210 Å². The van der Waals surface area contributed by atoms with E-state index in [1.807, 2.05) is 0 Å². The van der Waals surface area contributed by atoms with E-state index in [1.54, 1.807) is 0 Å². The molecule has 1 atom stereocenters. The van der Waals surface area contributed by atoms with E-state index in [0.29, 0.717) is 5.92 Å². The molecule has 0 spiro atoms. The molecule has 1 aliphatic heterocycles. The van der Waals surface area contributed by atoms with Gasteiger partial charge in [-0.05, 0) is 111 Å². The molecule has 1 unspecified atom stereocenters. The Morgan fingerprint density at radius 2 is 1.10 bits per heavy atom. The Kier molecular flexibility index (Phi) is 9.40. The number of rotatable bonds is 6. The second kappa shape index (κ2) is 15.8. The molecule has 0 saturated heterocycles. The molecule has 2 aliphatic carbocycles. The number of para-hydroxylation sites is 1. The Labute approximate surface area is 369 Å². The zero-order chi connectivity index (χ0) is 41.7. The fraction of sp³-hybridized carbons (Fsp3) is 0.133. The summed E-state index contributed by atoms with van der Waals surface area (Å²) in [4.78, 5) is 11.5. The second-order valence-corrected chi connectivity index (χ2v) is 17.3. The molecule has 0 fully saturated rings. The lowest BCUT2D eigenvalue weighted by atomic mass is 9.81. The standard InChI is InChI=1S/C60H47N3/c1-3-18-40(19-4-1)44-24-9-10-26-46(44)54-36-34-41-20-7-8-25-45(41)53-38-39-55-52-31-15-16-33-57(52)63(59(55)58(53)54)60-61-43(23-17-32-56(62-60)42-21-5-2-6-22-42)35-37-51-49-29-13-11-27-47(49)48-28-12-14-30-50(48)51/h1-16,18-22,24-33,38-39,51,54H,17,23,34-37H2. The highest BCUT2D eigenvalue weighted by molar-refractivity contribution is 6.18. The third-order valence-corrected chi connectivity index (χ3v) is 13.9. The molecule has 63 heavy (non-hydrogen) atoms. The molecule has 8 aromatic carbocycles. The Hall–Kier alpha value is -7.36. The third-order valence-electron chi connectivity index (χ3n) is 13.9. The van der Waals surface area contributed by atoms with E-state index in [-0.39, 0.29) is 5.92 Å². The zero-order valence-corrected chi connectivity index (χ0v) is 35.3. The highest BCUT2D eigenvalue weighted by atomic mass is 15.2. The number of hydrogen-bond donors (Lipinski definition) is 0. The summed E-state index contributed by atoms with van der Waals surface area (Å²) in [5.74, 6) is 1.18. The Balaban J connectivity index is 1.10. The molecule has 0 N–H and O–H groups in total. The van der Waals surface area contributed by atoms with Crippen LogP contribution in [-0.4, -0.2) is 16.2 Å². The van der Waals surface area contributed by atoms with Crippen molar-refractivity contribution in [1.29, 1.82) is 0 Å². The van der Waals surface area contributed by atoms with Gasteiger partial charge in [-0.2, -0.15) is 0 Å². The van der Waals surface area contributed by atoms with Crippen molar-refractivity contribution in [2.24, 2.45) is 9.98 Å². The quantitative estimate of drug-likeness (QED) is 0.160. The molecule has 9 aromatic rings. The van der Waals surface area contributed by atoms with Crippen molar-refractivity contribution in [3.05, 3.63) is 234 Å². The molecular weight excluding hydrogens is 763 g/mol. The predicted octanol–water partition coefficient (Wildman–Crippen LogP) is 15.3. The van der Waals surface area contributed by atoms with Crippen LogP contribution in [0.5, 0.6) is 0 Å². The van der Waals surface area contributed by atoms with Crippen molar-refractivity contribution in [3.8, 4) is 33.4 Å². The minimum Gasteiger partial charge on any atom is -0.278 e. The summed E-state index contributed by atoms with van der Waals surface area (Å²) < 4.78 is 2.44. The van der Waals surface area contributed by atoms with Gasteiger partial charge in [-0.3, -0.25) is 4.57 Å². The Bertz CT molecular complexity index is 3250. The summed E-state index contributed by atoms with van der Waals surface area (Å²) in [7, 11) is 0. The van der Waals surface area contributed by atoms with E-state index in [9.17, 15) is 0 Å². The average molecular weight is 810 g/mol. The van der Waals surface area contributed by atoms with Gasteiger partial charge in [0.2, 0.25) is 5.96 Å². The van der Waals surface area contributed by atoms with Gasteiger partial charge in [0, 0.05) is 28.3 Å². The van der Waals surface area contributed by atoms with E-state index in [1.165, 1.54) is 83.2 Å². The lowest BCUT2D eigenvalue weighted by Crippen LogP contribution is -2.17. The Morgan fingerprint density at radius 1 is 0.476 bits per heavy atom. The van der Waals surface area contributed by atoms with Crippen molar-refractivity contribution in [2.75, 3.05) is 0 Å². The second-order valence-electron chi connectivity index (χ2n) is 17.3. The van der Waals surface area contributed by atoms with E-state index in [0.717, 1.165) is 61.3 Å². The molecule has 3 heteroatoms. The van der Waals surface area contributed by atoms with Gasteiger partial charge < -0.3 is 0 Å². The molecule has 0 amide bonds. The van der Waals surface area contributed by atoms with Crippen molar-refractivity contribution in [1.82, 2.24) is 4.57 Å². The highest BCUT2D eigenvalue weighted by Gasteiger charge is 2.32. The van der Waals surface area contributed by atoms with Crippen LogP contribution in [0.25, 0.3) is 60.9 Å². The average Bonchev–Trinajstić information content (AvgIpc) is 3.78. The molecule has 3 aliphatic rings. The maximum Gasteiger partial charge on any atom is 0.235 e. The largest absolute Gasteiger partial charge is 0.278 e. The number of hydrogen-bond acceptors (Lipinski definition) is 2. The molecule has 3 nitrogen and oxygen atoms in total. The van der Waals surface area contributed by atoms with Gasteiger partial charge >= 0.3 is 0 Å². The van der Waals surface area contributed by atoms with Crippen LogP contribution >= 0.6 is 0 Å². The van der Waals surface area contributed by atoms with Crippen molar-refractivity contribution >= 4 is 39.2 Å². The van der Waals surface area contributed by atoms with E-state index in [2.05, 4.69) is 205 Å². The van der Waals surface area contributed by atoms with Crippen LogP contribution in [0.3, 0.4) is 0 Å². The summed E-state index contributed by atoms with van der Waals surface area (Å²) in [5.41, 5.74) is 20.4. The maximum absolute atomic E-state index is 5.80. The molecule has 0 radical (unpaired) electrons. The summed E-state index contributed by atoms with van der Waals surface area (Å²) >= 11 is 0. The van der Waals surface area contributed by atoms with Crippen LogP contribution in [0, 0.1) is 0 Å². The fourth-order valence-corrected chi connectivity index (χ4v) is 11.0. The first-order valence-corrected chi connectivity index (χ1v) is 22.7. The topological polar surface area (TPSA) is 29.6 Å². The minimum atomic E-state index is 0.111. The molecule has 1 aromatic heterocycles. The zero-order valence-electron chi connectivity index (χ0n) is 35.3. The third kappa shape index (κ3) is 6.50. The first-order valence-electron chi connectivity index (χ1n) is 22.7. The van der Waals surface area contributed by atoms with Crippen molar-refractivity contribution in [3.63, 3.8) is 0 Å². The predicted molar refractivity (Wildman–Crippen MR) is 264 cm³/mol. The fourth-order valence-electron chi connectivity index (χ4n) is 11.0. The van der Waals surface area contributed by atoms with Gasteiger partial charge in [0.15, 0.2) is 0 Å². The molecule has 0 saturated carbocycles. The van der Waals surface area contributed by atoms with Gasteiger partial charge in [0.05, 0.1) is 16.7 Å². The minimum absolute atomic E-state index is 0.111. The SMILES string of the molecule is C1=C(c2ccccc2)N=C(n2c3ccccc3c3ccc4c(c32)C(c2ccccc2-c2ccccc2)CCc2ccccc2-4)N=C(CCC2c3ccccc3-c3ccccc32)CC1. The van der Waals surface area contributed by atoms with Crippen LogP contribution in [0.2, 0.25) is 0 Å². The number of aliphatic imine (C=N–C) groups is 2. The highest BCUT2D eigenvalue weighted by Crippen LogP contribution is 2.50. The normalized spacial score (nSPS) is 15.9. The summed E-state index contributed by atoms with van der Waals surface area (Å²) in [6, 6.07) is 71.4.